The van der Waals surface area contributed by atoms with Gasteiger partial charge in [0.2, 0.25) is 0 Å². The van der Waals surface area contributed by atoms with E-state index in [1.54, 1.807) is 0 Å². The zero-order valence-corrected chi connectivity index (χ0v) is 13.2. The second kappa shape index (κ2) is 7.32. The van der Waals surface area contributed by atoms with E-state index in [-0.39, 0.29) is 0 Å². The van der Waals surface area contributed by atoms with Gasteiger partial charge in [-0.1, -0.05) is 65.9 Å². The summed E-state index contributed by atoms with van der Waals surface area (Å²) in [6.07, 6.45) is 2.29. The molecule has 104 valence electrons. The molecule has 2 heteroatoms. The molecule has 2 aromatic rings. The maximum absolute atomic E-state index is 2.29. The molecule has 0 heterocycles. The van der Waals surface area contributed by atoms with Crippen LogP contribution in [0.25, 0.3) is 4.91 Å². The zero-order valence-electron chi connectivity index (χ0n) is 12.3. The van der Waals surface area contributed by atoms with Crippen molar-refractivity contribution in [2.75, 3.05) is 20.6 Å². The van der Waals surface area contributed by atoms with Crippen molar-refractivity contribution in [3.8, 4) is 0 Å². The maximum Gasteiger partial charge on any atom is 0.0171 e. The molecule has 0 aliphatic rings. The standard InChI is InChI=1S/C18H21NS/c1-15-9-11-17(12-10-15)20-18(13-14-19(2)3)16-7-5-4-6-8-16/h4-13H,14H2,1-3H3/b18-13+. The zero-order chi connectivity index (χ0) is 14.4. The first-order chi connectivity index (χ1) is 9.65. The van der Waals surface area contributed by atoms with Crippen molar-refractivity contribution >= 4 is 16.7 Å². The van der Waals surface area contributed by atoms with Gasteiger partial charge in [0.05, 0.1) is 0 Å². The van der Waals surface area contributed by atoms with Gasteiger partial charge < -0.3 is 4.90 Å². The molecule has 0 spiro atoms. The number of rotatable bonds is 5. The fourth-order valence-corrected chi connectivity index (χ4v) is 2.76. The van der Waals surface area contributed by atoms with Crippen LogP contribution in [0, 0.1) is 6.92 Å². The monoisotopic (exact) mass is 283 g/mol. The van der Waals surface area contributed by atoms with Crippen LogP contribution in [0.3, 0.4) is 0 Å². The van der Waals surface area contributed by atoms with Crippen molar-refractivity contribution < 1.29 is 0 Å². The van der Waals surface area contributed by atoms with Gasteiger partial charge in [-0.25, -0.2) is 0 Å². The molecule has 0 aliphatic heterocycles. The SMILES string of the molecule is Cc1ccc(S/C(=C/CN(C)C)c2ccccc2)cc1. The molecular weight excluding hydrogens is 262 g/mol. The lowest BCUT2D eigenvalue weighted by Gasteiger charge is -2.11. The first kappa shape index (κ1) is 14.9. The Morgan fingerprint density at radius 2 is 1.65 bits per heavy atom. The molecule has 0 saturated heterocycles. The molecule has 0 saturated carbocycles. The average Bonchev–Trinajstić information content (AvgIpc) is 2.46. The minimum Gasteiger partial charge on any atom is -0.306 e. The Labute approximate surface area is 126 Å². The normalized spacial score (nSPS) is 11.9. The minimum absolute atomic E-state index is 0.948. The van der Waals surface area contributed by atoms with E-state index in [0.29, 0.717) is 0 Å². The number of aryl methyl sites for hydroxylation is 1. The Hall–Kier alpha value is -1.51. The summed E-state index contributed by atoms with van der Waals surface area (Å²) in [5, 5.41) is 0. The highest BCUT2D eigenvalue weighted by Gasteiger charge is 2.04. The topological polar surface area (TPSA) is 3.24 Å². The highest BCUT2D eigenvalue weighted by atomic mass is 32.2. The first-order valence-electron chi connectivity index (χ1n) is 6.80. The number of hydrogen-bond acceptors (Lipinski definition) is 2. The molecule has 0 unspecified atom stereocenters. The minimum atomic E-state index is 0.948. The summed E-state index contributed by atoms with van der Waals surface area (Å²) in [7, 11) is 4.19. The van der Waals surface area contributed by atoms with Gasteiger partial charge in [-0.05, 0) is 38.7 Å². The summed E-state index contributed by atoms with van der Waals surface area (Å²) in [4.78, 5) is 4.77. The molecule has 0 atom stereocenters. The van der Waals surface area contributed by atoms with Crippen molar-refractivity contribution in [2.24, 2.45) is 0 Å². The Morgan fingerprint density at radius 1 is 1.00 bits per heavy atom. The van der Waals surface area contributed by atoms with Gasteiger partial charge in [-0.15, -0.1) is 0 Å². The van der Waals surface area contributed by atoms with Crippen molar-refractivity contribution in [1.29, 1.82) is 0 Å². The lowest BCUT2D eigenvalue weighted by Crippen LogP contribution is -2.10. The molecule has 0 aromatic heterocycles. The second-order valence-electron chi connectivity index (χ2n) is 5.11. The van der Waals surface area contributed by atoms with Crippen LogP contribution in [0.2, 0.25) is 0 Å². The fourth-order valence-electron chi connectivity index (χ4n) is 1.82. The third-order valence-corrected chi connectivity index (χ3v) is 4.08. The third kappa shape index (κ3) is 4.55. The van der Waals surface area contributed by atoms with E-state index in [2.05, 4.69) is 86.6 Å². The van der Waals surface area contributed by atoms with Gasteiger partial charge in [0, 0.05) is 16.3 Å². The van der Waals surface area contributed by atoms with E-state index >= 15 is 0 Å². The summed E-state index contributed by atoms with van der Waals surface area (Å²) in [6, 6.07) is 19.3. The van der Waals surface area contributed by atoms with Gasteiger partial charge >= 0.3 is 0 Å². The highest BCUT2D eigenvalue weighted by Crippen LogP contribution is 2.34. The smallest absolute Gasteiger partial charge is 0.0171 e. The van der Waals surface area contributed by atoms with Crippen LogP contribution < -0.4 is 0 Å². The second-order valence-corrected chi connectivity index (χ2v) is 6.23. The molecule has 0 aliphatic carbocycles. The largest absolute Gasteiger partial charge is 0.306 e. The Bertz CT molecular complexity index is 556. The Morgan fingerprint density at radius 3 is 2.25 bits per heavy atom. The molecule has 0 amide bonds. The number of hydrogen-bond donors (Lipinski definition) is 0. The summed E-state index contributed by atoms with van der Waals surface area (Å²) in [6.45, 7) is 3.07. The van der Waals surface area contributed by atoms with Gasteiger partial charge in [0.15, 0.2) is 0 Å². The molecular formula is C18H21NS. The van der Waals surface area contributed by atoms with Crippen molar-refractivity contribution in [2.45, 2.75) is 11.8 Å². The molecule has 0 radical (unpaired) electrons. The van der Waals surface area contributed by atoms with Gasteiger partial charge in [-0.2, -0.15) is 0 Å². The van der Waals surface area contributed by atoms with Crippen molar-refractivity contribution in [3.63, 3.8) is 0 Å². The van der Waals surface area contributed by atoms with Crippen LogP contribution in [0.4, 0.5) is 0 Å². The summed E-state index contributed by atoms with van der Waals surface area (Å²) in [5.41, 5.74) is 2.58. The lowest BCUT2D eigenvalue weighted by molar-refractivity contribution is 0.457. The van der Waals surface area contributed by atoms with Crippen molar-refractivity contribution in [1.82, 2.24) is 4.90 Å². The van der Waals surface area contributed by atoms with E-state index in [9.17, 15) is 0 Å². The molecule has 20 heavy (non-hydrogen) atoms. The summed E-state index contributed by atoms with van der Waals surface area (Å²) < 4.78 is 0. The van der Waals surface area contributed by atoms with Gasteiger partial charge in [-0.3, -0.25) is 0 Å². The third-order valence-electron chi connectivity index (χ3n) is 2.95. The number of likely N-dealkylation sites (N-methyl/N-ethyl adjacent to an activating group) is 1. The van der Waals surface area contributed by atoms with Crippen LogP contribution in [0.1, 0.15) is 11.1 Å². The molecule has 0 N–H and O–H groups in total. The van der Waals surface area contributed by atoms with Crippen LogP contribution >= 0.6 is 11.8 Å². The number of benzene rings is 2. The quantitative estimate of drug-likeness (QED) is 0.732. The van der Waals surface area contributed by atoms with E-state index in [1.165, 1.54) is 20.9 Å². The van der Waals surface area contributed by atoms with E-state index in [1.807, 2.05) is 11.8 Å². The average molecular weight is 283 g/mol. The molecule has 2 rings (SSSR count). The van der Waals surface area contributed by atoms with Crippen LogP contribution in [-0.2, 0) is 0 Å². The predicted molar refractivity (Wildman–Crippen MR) is 90.0 cm³/mol. The maximum atomic E-state index is 2.29. The molecule has 1 nitrogen and oxygen atoms in total. The summed E-state index contributed by atoms with van der Waals surface area (Å²) in [5.74, 6) is 0. The molecule has 0 fully saturated rings. The van der Waals surface area contributed by atoms with Crippen LogP contribution in [0.15, 0.2) is 65.6 Å². The highest BCUT2D eigenvalue weighted by molar-refractivity contribution is 8.08. The predicted octanol–water partition coefficient (Wildman–Crippen LogP) is 4.69. The lowest BCUT2D eigenvalue weighted by atomic mass is 10.2. The van der Waals surface area contributed by atoms with Crippen LogP contribution in [-0.4, -0.2) is 25.5 Å². The molecule has 0 bridgehead atoms. The van der Waals surface area contributed by atoms with E-state index < -0.39 is 0 Å². The Kier molecular flexibility index (Phi) is 5.45. The van der Waals surface area contributed by atoms with E-state index in [0.717, 1.165) is 6.54 Å². The molecule has 2 aromatic carbocycles. The number of nitrogens with zero attached hydrogens (tertiary/aromatic N) is 1. The first-order valence-corrected chi connectivity index (χ1v) is 7.61. The van der Waals surface area contributed by atoms with Crippen LogP contribution in [0.5, 0.6) is 0 Å². The van der Waals surface area contributed by atoms with Gasteiger partial charge in [0.25, 0.3) is 0 Å². The Balaban J connectivity index is 2.23. The van der Waals surface area contributed by atoms with Gasteiger partial charge in [0.1, 0.15) is 0 Å². The van der Waals surface area contributed by atoms with Crippen molar-refractivity contribution in [3.05, 3.63) is 71.8 Å². The van der Waals surface area contributed by atoms with E-state index in [4.69, 9.17) is 0 Å². The fraction of sp³-hybridized carbons (Fsp3) is 0.222. The number of thioether (sulfide) groups is 1. The summed E-state index contributed by atoms with van der Waals surface area (Å²) >= 11 is 1.83.